The summed E-state index contributed by atoms with van der Waals surface area (Å²) in [5, 5.41) is 4.32. The zero-order chi connectivity index (χ0) is 12.4. The van der Waals surface area contributed by atoms with Gasteiger partial charge in [0.1, 0.15) is 5.82 Å². The maximum Gasteiger partial charge on any atom is 0.128 e. The van der Waals surface area contributed by atoms with Crippen LogP contribution in [0.1, 0.15) is 29.9 Å². The van der Waals surface area contributed by atoms with Crippen molar-refractivity contribution in [2.24, 2.45) is 5.73 Å². The van der Waals surface area contributed by atoms with Gasteiger partial charge in [-0.1, -0.05) is 18.2 Å². The van der Waals surface area contributed by atoms with Crippen molar-refractivity contribution in [3.63, 3.8) is 0 Å². The Morgan fingerprint density at radius 1 is 1.41 bits per heavy atom. The molecule has 2 aromatic rings. The van der Waals surface area contributed by atoms with Crippen LogP contribution >= 0.6 is 0 Å². The minimum atomic E-state index is -0.475. The maximum atomic E-state index is 13.7. The quantitative estimate of drug-likeness (QED) is 0.884. The number of hydrogen-bond acceptors (Lipinski definition) is 2. The summed E-state index contributed by atoms with van der Waals surface area (Å²) >= 11 is 0. The fourth-order valence-corrected chi connectivity index (χ4v) is 1.96. The molecule has 1 unspecified atom stereocenters. The fraction of sp³-hybridized carbons (Fsp3) is 0.308. The van der Waals surface area contributed by atoms with E-state index in [1.165, 1.54) is 6.07 Å². The molecule has 2 rings (SSSR count). The SMILES string of the molecule is CCn1nc(C)cc1C(N)c1ccccc1F. The number of nitrogens with zero attached hydrogens (tertiary/aromatic N) is 2. The van der Waals surface area contributed by atoms with Crippen LogP contribution in [0.25, 0.3) is 0 Å². The molecule has 0 aliphatic carbocycles. The molecular formula is C13H16FN3. The van der Waals surface area contributed by atoms with Gasteiger partial charge in [0.15, 0.2) is 0 Å². The van der Waals surface area contributed by atoms with Gasteiger partial charge in [-0.3, -0.25) is 4.68 Å². The van der Waals surface area contributed by atoms with E-state index >= 15 is 0 Å². The lowest BCUT2D eigenvalue weighted by Gasteiger charge is -2.14. The Hall–Kier alpha value is -1.68. The topological polar surface area (TPSA) is 43.8 Å². The van der Waals surface area contributed by atoms with Crippen molar-refractivity contribution in [2.75, 3.05) is 0 Å². The van der Waals surface area contributed by atoms with Gasteiger partial charge in [0, 0.05) is 12.1 Å². The van der Waals surface area contributed by atoms with Gasteiger partial charge in [-0.25, -0.2) is 4.39 Å². The Kier molecular flexibility index (Phi) is 3.24. The summed E-state index contributed by atoms with van der Waals surface area (Å²) in [6, 6.07) is 8.01. The molecule has 17 heavy (non-hydrogen) atoms. The Morgan fingerprint density at radius 2 is 2.12 bits per heavy atom. The molecular weight excluding hydrogens is 217 g/mol. The number of halogens is 1. The van der Waals surface area contributed by atoms with Crippen LogP contribution in [0.3, 0.4) is 0 Å². The van der Waals surface area contributed by atoms with Crippen LogP contribution in [0.2, 0.25) is 0 Å². The molecule has 2 N–H and O–H groups in total. The van der Waals surface area contributed by atoms with E-state index in [9.17, 15) is 4.39 Å². The van der Waals surface area contributed by atoms with Crippen LogP contribution < -0.4 is 5.73 Å². The number of aryl methyl sites for hydroxylation is 2. The molecule has 4 heteroatoms. The summed E-state index contributed by atoms with van der Waals surface area (Å²) in [5.74, 6) is -0.276. The van der Waals surface area contributed by atoms with E-state index in [0.717, 1.165) is 17.9 Å². The molecule has 0 amide bonds. The van der Waals surface area contributed by atoms with E-state index in [1.54, 1.807) is 18.2 Å². The van der Waals surface area contributed by atoms with Crippen molar-refractivity contribution < 1.29 is 4.39 Å². The molecule has 0 bridgehead atoms. The van der Waals surface area contributed by atoms with Crippen molar-refractivity contribution in [3.8, 4) is 0 Å². The van der Waals surface area contributed by atoms with Gasteiger partial charge in [0.25, 0.3) is 0 Å². The zero-order valence-electron chi connectivity index (χ0n) is 10.0. The second-order valence-electron chi connectivity index (χ2n) is 4.03. The highest BCUT2D eigenvalue weighted by atomic mass is 19.1. The number of aromatic nitrogens is 2. The lowest BCUT2D eigenvalue weighted by atomic mass is 10.0. The Morgan fingerprint density at radius 3 is 2.76 bits per heavy atom. The molecule has 1 heterocycles. The van der Waals surface area contributed by atoms with Crippen molar-refractivity contribution in [1.82, 2.24) is 9.78 Å². The highest BCUT2D eigenvalue weighted by molar-refractivity contribution is 5.29. The minimum Gasteiger partial charge on any atom is -0.319 e. The van der Waals surface area contributed by atoms with Gasteiger partial charge in [0.05, 0.1) is 17.4 Å². The van der Waals surface area contributed by atoms with E-state index in [0.29, 0.717) is 5.56 Å². The second-order valence-corrected chi connectivity index (χ2v) is 4.03. The van der Waals surface area contributed by atoms with E-state index in [2.05, 4.69) is 5.10 Å². The van der Waals surface area contributed by atoms with Gasteiger partial charge in [-0.15, -0.1) is 0 Å². The smallest absolute Gasteiger partial charge is 0.128 e. The van der Waals surface area contributed by atoms with Gasteiger partial charge >= 0.3 is 0 Å². The minimum absolute atomic E-state index is 0.276. The first kappa shape index (κ1) is 11.8. The lowest BCUT2D eigenvalue weighted by Crippen LogP contribution is -2.18. The zero-order valence-corrected chi connectivity index (χ0v) is 10.0. The monoisotopic (exact) mass is 233 g/mol. The number of nitrogens with two attached hydrogens (primary N) is 1. The molecule has 0 spiro atoms. The van der Waals surface area contributed by atoms with Gasteiger partial charge in [-0.2, -0.15) is 5.10 Å². The van der Waals surface area contributed by atoms with E-state index in [-0.39, 0.29) is 5.82 Å². The Balaban J connectivity index is 2.43. The molecule has 0 saturated heterocycles. The average molecular weight is 233 g/mol. The maximum absolute atomic E-state index is 13.7. The normalized spacial score (nSPS) is 12.7. The number of rotatable bonds is 3. The highest BCUT2D eigenvalue weighted by Crippen LogP contribution is 2.22. The first-order valence-corrected chi connectivity index (χ1v) is 5.67. The molecule has 1 aromatic carbocycles. The van der Waals surface area contributed by atoms with Gasteiger partial charge in [0.2, 0.25) is 0 Å². The molecule has 1 aromatic heterocycles. The third kappa shape index (κ3) is 2.22. The van der Waals surface area contributed by atoms with E-state index < -0.39 is 6.04 Å². The molecule has 0 aliphatic rings. The standard InChI is InChI=1S/C13H16FN3/c1-3-17-12(8-9(2)16-17)13(15)10-6-4-5-7-11(10)14/h4-8,13H,3,15H2,1-2H3. The van der Waals surface area contributed by atoms with Crippen molar-refractivity contribution in [3.05, 3.63) is 53.1 Å². The fourth-order valence-electron chi connectivity index (χ4n) is 1.96. The summed E-state index contributed by atoms with van der Waals surface area (Å²) < 4.78 is 15.5. The molecule has 1 atom stereocenters. The largest absolute Gasteiger partial charge is 0.319 e. The first-order valence-electron chi connectivity index (χ1n) is 5.67. The summed E-state index contributed by atoms with van der Waals surface area (Å²) in [7, 11) is 0. The van der Waals surface area contributed by atoms with Crippen LogP contribution in [-0.2, 0) is 6.54 Å². The lowest BCUT2D eigenvalue weighted by molar-refractivity contribution is 0.567. The van der Waals surface area contributed by atoms with Gasteiger partial charge < -0.3 is 5.73 Å². The molecule has 0 fully saturated rings. The second kappa shape index (κ2) is 4.67. The van der Waals surface area contributed by atoms with Crippen molar-refractivity contribution in [2.45, 2.75) is 26.4 Å². The summed E-state index contributed by atoms with van der Waals surface area (Å²) in [5.41, 5.74) is 8.35. The van der Waals surface area contributed by atoms with Crippen LogP contribution in [0.15, 0.2) is 30.3 Å². The van der Waals surface area contributed by atoms with Crippen molar-refractivity contribution in [1.29, 1.82) is 0 Å². The van der Waals surface area contributed by atoms with Crippen LogP contribution in [0, 0.1) is 12.7 Å². The predicted octanol–water partition coefficient (Wildman–Crippen LogP) is 2.40. The first-order chi connectivity index (χ1) is 8.13. The van der Waals surface area contributed by atoms with E-state index in [1.807, 2.05) is 24.6 Å². The Labute approximate surface area is 100 Å². The summed E-state index contributed by atoms with van der Waals surface area (Å²) in [6.45, 7) is 4.62. The van der Waals surface area contributed by atoms with Crippen LogP contribution in [0.4, 0.5) is 4.39 Å². The average Bonchev–Trinajstić information content (AvgIpc) is 2.70. The Bertz CT molecular complexity index is 519. The summed E-state index contributed by atoms with van der Waals surface area (Å²) in [4.78, 5) is 0. The van der Waals surface area contributed by atoms with Crippen LogP contribution in [0.5, 0.6) is 0 Å². The van der Waals surface area contributed by atoms with Crippen molar-refractivity contribution >= 4 is 0 Å². The van der Waals surface area contributed by atoms with Crippen LogP contribution in [-0.4, -0.2) is 9.78 Å². The molecule has 0 radical (unpaired) electrons. The molecule has 0 saturated carbocycles. The number of hydrogen-bond donors (Lipinski definition) is 1. The molecule has 3 nitrogen and oxygen atoms in total. The third-order valence-corrected chi connectivity index (χ3v) is 2.79. The molecule has 90 valence electrons. The number of benzene rings is 1. The third-order valence-electron chi connectivity index (χ3n) is 2.79. The molecule has 0 aliphatic heterocycles. The highest BCUT2D eigenvalue weighted by Gasteiger charge is 2.17. The van der Waals surface area contributed by atoms with E-state index in [4.69, 9.17) is 5.73 Å². The predicted molar refractivity (Wildman–Crippen MR) is 65.1 cm³/mol. The van der Waals surface area contributed by atoms with Gasteiger partial charge in [-0.05, 0) is 26.0 Å². The summed E-state index contributed by atoms with van der Waals surface area (Å²) in [6.07, 6.45) is 0.